The van der Waals surface area contributed by atoms with Gasteiger partial charge in [0.25, 0.3) is 0 Å². The minimum atomic E-state index is -1.08. The first-order chi connectivity index (χ1) is 8.16. The second kappa shape index (κ2) is 5.29. The number of ether oxygens (including phenoxy) is 1. The van der Waals surface area contributed by atoms with Crippen LogP contribution in [0.4, 0.5) is 5.82 Å². The van der Waals surface area contributed by atoms with E-state index in [-0.39, 0.29) is 22.7 Å². The van der Waals surface area contributed by atoms with E-state index in [4.69, 9.17) is 21.4 Å². The quantitative estimate of drug-likeness (QED) is 0.797. The molecule has 7 heteroatoms. The summed E-state index contributed by atoms with van der Waals surface area (Å²) in [4.78, 5) is 18.5. The van der Waals surface area contributed by atoms with Gasteiger partial charge in [0.05, 0.1) is 12.6 Å². The number of carboxylic acid groups (broad SMARTS) is 1. The van der Waals surface area contributed by atoms with Crippen LogP contribution < -0.4 is 5.32 Å². The second-order valence-electron chi connectivity index (χ2n) is 3.76. The lowest BCUT2D eigenvalue weighted by Crippen LogP contribution is -2.31. The Morgan fingerprint density at radius 1 is 1.65 bits per heavy atom. The van der Waals surface area contributed by atoms with E-state index in [0.29, 0.717) is 6.61 Å². The molecule has 1 aliphatic rings. The van der Waals surface area contributed by atoms with Crippen LogP contribution in [0.3, 0.4) is 0 Å². The zero-order valence-electron chi connectivity index (χ0n) is 9.02. The molecule has 17 heavy (non-hydrogen) atoms. The zero-order chi connectivity index (χ0) is 12.3. The van der Waals surface area contributed by atoms with Crippen LogP contribution in [-0.2, 0) is 4.74 Å². The number of hydrogen-bond acceptors (Lipinski definition) is 5. The molecule has 0 bridgehead atoms. The van der Waals surface area contributed by atoms with Gasteiger partial charge >= 0.3 is 5.97 Å². The lowest BCUT2D eigenvalue weighted by Gasteiger charge is -2.24. The molecule has 2 heterocycles. The van der Waals surface area contributed by atoms with Crippen molar-refractivity contribution in [1.82, 2.24) is 9.97 Å². The van der Waals surface area contributed by atoms with Crippen LogP contribution in [0, 0.1) is 0 Å². The number of halogens is 1. The maximum atomic E-state index is 11.0. The summed E-state index contributed by atoms with van der Waals surface area (Å²) >= 11 is 5.65. The van der Waals surface area contributed by atoms with E-state index in [9.17, 15) is 4.79 Å². The smallest absolute Gasteiger partial charge is 0.341 e. The van der Waals surface area contributed by atoms with Gasteiger partial charge in [0.2, 0.25) is 5.28 Å². The first kappa shape index (κ1) is 12.1. The fourth-order valence-electron chi connectivity index (χ4n) is 1.67. The van der Waals surface area contributed by atoms with Crippen LogP contribution in [0.25, 0.3) is 0 Å². The summed E-state index contributed by atoms with van der Waals surface area (Å²) in [6.07, 6.45) is 3.06. The number of aromatic nitrogens is 2. The number of carbonyl (C=O) groups is 1. The van der Waals surface area contributed by atoms with E-state index in [0.717, 1.165) is 19.4 Å². The molecule has 1 aliphatic heterocycles. The summed E-state index contributed by atoms with van der Waals surface area (Å²) in [7, 11) is 0. The summed E-state index contributed by atoms with van der Waals surface area (Å²) < 4.78 is 5.30. The zero-order valence-corrected chi connectivity index (χ0v) is 9.78. The fourth-order valence-corrected chi connectivity index (χ4v) is 1.81. The third-order valence-electron chi connectivity index (χ3n) is 2.49. The Balaban J connectivity index is 2.17. The van der Waals surface area contributed by atoms with Crippen molar-refractivity contribution in [2.24, 2.45) is 0 Å². The molecule has 0 spiro atoms. The maximum Gasteiger partial charge on any atom is 0.341 e. The number of carboxylic acids is 1. The highest BCUT2D eigenvalue weighted by Crippen LogP contribution is 2.18. The summed E-state index contributed by atoms with van der Waals surface area (Å²) in [6, 6.07) is 0.0628. The van der Waals surface area contributed by atoms with Gasteiger partial charge in [-0.1, -0.05) is 0 Å². The molecule has 1 aromatic rings. The van der Waals surface area contributed by atoms with Crippen LogP contribution in [0.2, 0.25) is 5.28 Å². The molecule has 1 atom stereocenters. The number of hydrogen-bond donors (Lipinski definition) is 2. The Morgan fingerprint density at radius 3 is 3.12 bits per heavy atom. The van der Waals surface area contributed by atoms with E-state index in [2.05, 4.69) is 15.3 Å². The highest BCUT2D eigenvalue weighted by Gasteiger charge is 2.19. The van der Waals surface area contributed by atoms with Gasteiger partial charge in [0, 0.05) is 12.8 Å². The molecule has 0 aliphatic carbocycles. The van der Waals surface area contributed by atoms with Gasteiger partial charge in [-0.05, 0) is 24.4 Å². The van der Waals surface area contributed by atoms with Crippen molar-refractivity contribution in [3.63, 3.8) is 0 Å². The van der Waals surface area contributed by atoms with Crippen LogP contribution in [0.1, 0.15) is 23.2 Å². The average Bonchev–Trinajstić information content (AvgIpc) is 2.30. The Labute approximate surface area is 103 Å². The van der Waals surface area contributed by atoms with E-state index in [1.54, 1.807) is 0 Å². The predicted octanol–water partition coefficient (Wildman–Crippen LogP) is 1.42. The lowest BCUT2D eigenvalue weighted by molar-refractivity contribution is 0.0695. The van der Waals surface area contributed by atoms with Crippen molar-refractivity contribution < 1.29 is 14.6 Å². The second-order valence-corrected chi connectivity index (χ2v) is 4.10. The molecule has 92 valence electrons. The summed E-state index contributed by atoms with van der Waals surface area (Å²) in [5.74, 6) is -0.839. The largest absolute Gasteiger partial charge is 0.477 e. The highest BCUT2D eigenvalue weighted by atomic mass is 35.5. The van der Waals surface area contributed by atoms with Gasteiger partial charge in [-0.15, -0.1) is 0 Å². The summed E-state index contributed by atoms with van der Waals surface area (Å²) in [5, 5.41) is 12.0. The SMILES string of the molecule is O=C(O)c1cnc(Cl)nc1NC1CCCOC1. The normalized spacial score (nSPS) is 19.9. The van der Waals surface area contributed by atoms with Gasteiger partial charge in [-0.3, -0.25) is 0 Å². The lowest BCUT2D eigenvalue weighted by atomic mass is 10.1. The topological polar surface area (TPSA) is 84.3 Å². The fraction of sp³-hybridized carbons (Fsp3) is 0.500. The molecule has 1 unspecified atom stereocenters. The van der Waals surface area contributed by atoms with Crippen LogP contribution in [0.5, 0.6) is 0 Å². The number of anilines is 1. The Kier molecular flexibility index (Phi) is 3.75. The van der Waals surface area contributed by atoms with Crippen molar-refractivity contribution >= 4 is 23.4 Å². The van der Waals surface area contributed by atoms with Crippen LogP contribution in [-0.4, -0.2) is 40.3 Å². The molecular formula is C10H12ClN3O3. The summed E-state index contributed by atoms with van der Waals surface area (Å²) in [6.45, 7) is 1.29. The minimum Gasteiger partial charge on any atom is -0.477 e. The monoisotopic (exact) mass is 257 g/mol. The molecule has 0 saturated carbocycles. The third kappa shape index (κ3) is 3.04. The molecule has 0 radical (unpaired) electrons. The van der Waals surface area contributed by atoms with Gasteiger partial charge in [-0.25, -0.2) is 9.78 Å². The predicted molar refractivity (Wildman–Crippen MR) is 61.5 cm³/mol. The number of nitrogens with one attached hydrogen (secondary N) is 1. The number of rotatable bonds is 3. The van der Waals surface area contributed by atoms with Crippen molar-refractivity contribution in [3.05, 3.63) is 17.0 Å². The standard InChI is InChI=1S/C10H12ClN3O3/c11-10-12-4-7(9(15)16)8(14-10)13-6-2-1-3-17-5-6/h4,6H,1-3,5H2,(H,15,16)(H,12,13,14). The van der Waals surface area contributed by atoms with Gasteiger partial charge in [0.15, 0.2) is 0 Å². The van der Waals surface area contributed by atoms with Crippen molar-refractivity contribution in [1.29, 1.82) is 0 Å². The molecule has 2 rings (SSSR count). The van der Waals surface area contributed by atoms with E-state index in [1.165, 1.54) is 6.20 Å². The van der Waals surface area contributed by atoms with Crippen molar-refractivity contribution in [3.8, 4) is 0 Å². The molecule has 0 amide bonds. The molecular weight excluding hydrogens is 246 g/mol. The van der Waals surface area contributed by atoms with Crippen molar-refractivity contribution in [2.75, 3.05) is 18.5 Å². The Bertz CT molecular complexity index is 421. The molecule has 1 saturated heterocycles. The number of nitrogens with zero attached hydrogens (tertiary/aromatic N) is 2. The minimum absolute atomic E-state index is 0.0139. The Hall–Kier alpha value is -1.40. The number of aromatic carboxylic acids is 1. The average molecular weight is 258 g/mol. The molecule has 6 nitrogen and oxygen atoms in total. The molecule has 1 aromatic heterocycles. The third-order valence-corrected chi connectivity index (χ3v) is 2.67. The molecule has 2 N–H and O–H groups in total. The highest BCUT2D eigenvalue weighted by molar-refractivity contribution is 6.28. The van der Waals surface area contributed by atoms with Crippen LogP contribution in [0.15, 0.2) is 6.20 Å². The van der Waals surface area contributed by atoms with Crippen LogP contribution >= 0.6 is 11.6 Å². The van der Waals surface area contributed by atoms with E-state index in [1.807, 2.05) is 0 Å². The van der Waals surface area contributed by atoms with E-state index >= 15 is 0 Å². The summed E-state index contributed by atoms with van der Waals surface area (Å²) in [5.41, 5.74) is 0.0139. The maximum absolute atomic E-state index is 11.0. The van der Waals surface area contributed by atoms with Gasteiger partial charge in [0.1, 0.15) is 11.4 Å². The Morgan fingerprint density at radius 2 is 2.47 bits per heavy atom. The molecule has 0 aromatic carbocycles. The van der Waals surface area contributed by atoms with Crippen molar-refractivity contribution in [2.45, 2.75) is 18.9 Å². The first-order valence-corrected chi connectivity index (χ1v) is 5.64. The van der Waals surface area contributed by atoms with E-state index < -0.39 is 5.97 Å². The molecule has 1 fully saturated rings. The van der Waals surface area contributed by atoms with Gasteiger partial charge in [-0.2, -0.15) is 4.98 Å². The first-order valence-electron chi connectivity index (χ1n) is 5.27. The van der Waals surface area contributed by atoms with Gasteiger partial charge < -0.3 is 15.2 Å².